The summed E-state index contributed by atoms with van der Waals surface area (Å²) < 4.78 is 72.2. The molecule has 0 aromatic heterocycles. The molecule has 18 heavy (non-hydrogen) atoms. The zero-order valence-corrected chi connectivity index (χ0v) is 8.34. The van der Waals surface area contributed by atoms with Gasteiger partial charge < -0.3 is 15.5 Å². The molecule has 0 rings (SSSR count). The van der Waals surface area contributed by atoms with E-state index in [9.17, 15) is 35.9 Å². The van der Waals surface area contributed by atoms with Gasteiger partial charge in [0, 0.05) is 0 Å². The summed E-state index contributed by atoms with van der Waals surface area (Å²) in [6, 6.07) is -2.25. The van der Waals surface area contributed by atoms with Gasteiger partial charge in [-0.25, -0.2) is 4.79 Å². The third kappa shape index (κ3) is 4.39. The van der Waals surface area contributed by atoms with Crippen LogP contribution in [0.3, 0.4) is 0 Å². The zero-order valence-electron chi connectivity index (χ0n) is 8.34. The van der Waals surface area contributed by atoms with Crippen LogP contribution in [0.25, 0.3) is 0 Å². The van der Waals surface area contributed by atoms with E-state index >= 15 is 0 Å². The van der Waals surface area contributed by atoms with Gasteiger partial charge in [0.15, 0.2) is 0 Å². The summed E-state index contributed by atoms with van der Waals surface area (Å²) in [5.41, 5.74) is 0. The van der Waals surface area contributed by atoms with Crippen molar-refractivity contribution in [1.29, 1.82) is 0 Å². The number of carboxylic acid groups (broad SMARTS) is 1. The Hall–Kier alpha value is -1.52. The largest absolute Gasteiger partial charge is 0.480 e. The van der Waals surface area contributed by atoms with Gasteiger partial charge in [0.2, 0.25) is 11.8 Å². The molecule has 0 saturated heterocycles. The van der Waals surface area contributed by atoms with Gasteiger partial charge in [-0.2, -0.15) is 26.3 Å². The number of hydrogen-bond acceptors (Lipinski definition) is 3. The molecule has 5 nitrogen and oxygen atoms in total. The number of hydrogen-bond donors (Lipinski definition) is 3. The molecule has 0 aromatic rings. The highest BCUT2D eigenvalue weighted by Gasteiger charge is 2.61. The first-order chi connectivity index (χ1) is 7.91. The number of carboxylic acids is 1. The zero-order chi connectivity index (χ0) is 14.7. The van der Waals surface area contributed by atoms with E-state index in [1.54, 1.807) is 0 Å². The lowest BCUT2D eigenvalue weighted by molar-refractivity contribution is -0.274. The summed E-state index contributed by atoms with van der Waals surface area (Å²) in [6.45, 7) is -1.34. The lowest BCUT2D eigenvalue weighted by Gasteiger charge is -2.23. The van der Waals surface area contributed by atoms with Gasteiger partial charge in [0.1, 0.15) is 6.04 Å². The highest BCUT2D eigenvalue weighted by molar-refractivity contribution is 5.86. The van der Waals surface area contributed by atoms with E-state index in [-0.39, 0.29) is 0 Å². The second-order valence-corrected chi connectivity index (χ2v) is 3.10. The third-order valence-corrected chi connectivity index (χ3v) is 1.71. The minimum Gasteiger partial charge on any atom is -0.480 e. The number of amides is 1. The summed E-state index contributed by atoms with van der Waals surface area (Å²) >= 11 is 0. The molecule has 0 aliphatic rings. The first kappa shape index (κ1) is 16.5. The molecule has 106 valence electrons. The predicted molar refractivity (Wildman–Crippen MR) is 42.3 cm³/mol. The molecular weight excluding hydrogens is 276 g/mol. The summed E-state index contributed by atoms with van der Waals surface area (Å²) in [5.74, 6) is -8.90. The molecule has 1 atom stereocenters. The van der Waals surface area contributed by atoms with Crippen LogP contribution in [0.4, 0.5) is 26.3 Å². The van der Waals surface area contributed by atoms with Gasteiger partial charge in [0.05, 0.1) is 6.61 Å². The number of nitrogens with one attached hydrogen (secondary N) is 1. The summed E-state index contributed by atoms with van der Waals surface area (Å²) in [5, 5.41) is 17.6. The standard InChI is InChI=1S/C7H7F6NO4/c8-6(9,10)3(7(11,12)13)4(16)14-2(1-15)5(17)18/h2-3,15H,1H2,(H,14,16)(H,17,18). The second-order valence-electron chi connectivity index (χ2n) is 3.10. The number of aliphatic carboxylic acids is 1. The number of carbonyl (C=O) groups excluding carboxylic acids is 1. The van der Waals surface area contributed by atoms with Crippen LogP contribution < -0.4 is 5.32 Å². The van der Waals surface area contributed by atoms with Gasteiger partial charge in [-0.05, 0) is 0 Å². The maximum Gasteiger partial charge on any atom is 0.409 e. The smallest absolute Gasteiger partial charge is 0.409 e. The fourth-order valence-corrected chi connectivity index (χ4v) is 0.923. The Balaban J connectivity index is 5.07. The minimum absolute atomic E-state index is 0.951. The summed E-state index contributed by atoms with van der Waals surface area (Å²) in [6.07, 6.45) is -11.8. The fraction of sp³-hybridized carbons (Fsp3) is 0.714. The van der Waals surface area contributed by atoms with Crippen molar-refractivity contribution in [2.45, 2.75) is 18.4 Å². The number of aliphatic hydroxyl groups is 1. The van der Waals surface area contributed by atoms with Crippen LogP contribution in [-0.4, -0.2) is 47.1 Å². The Kier molecular flexibility index (Phi) is 4.96. The molecule has 1 amide bonds. The lowest BCUT2D eigenvalue weighted by atomic mass is 10.1. The van der Waals surface area contributed by atoms with E-state index in [0.717, 1.165) is 5.32 Å². The van der Waals surface area contributed by atoms with Crippen LogP contribution in [0.5, 0.6) is 0 Å². The van der Waals surface area contributed by atoms with Crippen LogP contribution in [0.15, 0.2) is 0 Å². The average Bonchev–Trinajstić information content (AvgIpc) is 2.08. The Bertz CT molecular complexity index is 311. The maximum atomic E-state index is 12.0. The number of halogens is 6. The molecule has 0 fully saturated rings. The Morgan fingerprint density at radius 3 is 1.67 bits per heavy atom. The minimum atomic E-state index is -5.92. The molecule has 0 aliphatic carbocycles. The quantitative estimate of drug-likeness (QED) is 0.647. The van der Waals surface area contributed by atoms with Gasteiger partial charge >= 0.3 is 18.3 Å². The molecule has 11 heteroatoms. The number of rotatable bonds is 4. The Morgan fingerprint density at radius 1 is 1.06 bits per heavy atom. The SMILES string of the molecule is O=C(O)C(CO)NC(=O)C(C(F)(F)F)C(F)(F)F. The molecule has 0 aliphatic heterocycles. The van der Waals surface area contributed by atoms with Gasteiger partial charge in [-0.15, -0.1) is 0 Å². The van der Waals surface area contributed by atoms with Gasteiger partial charge in [-0.1, -0.05) is 0 Å². The normalized spacial score (nSPS) is 14.4. The summed E-state index contributed by atoms with van der Waals surface area (Å²) in [7, 11) is 0. The van der Waals surface area contributed by atoms with Gasteiger partial charge in [-0.3, -0.25) is 4.79 Å². The molecule has 0 saturated carbocycles. The first-order valence-corrected chi connectivity index (χ1v) is 4.18. The summed E-state index contributed by atoms with van der Waals surface area (Å²) in [4.78, 5) is 21.0. The van der Waals surface area contributed by atoms with Crippen molar-refractivity contribution in [3.05, 3.63) is 0 Å². The van der Waals surface area contributed by atoms with Crippen molar-refractivity contribution in [2.75, 3.05) is 6.61 Å². The monoisotopic (exact) mass is 283 g/mol. The molecule has 0 bridgehead atoms. The van der Waals surface area contributed by atoms with Crippen LogP contribution in [0.2, 0.25) is 0 Å². The van der Waals surface area contributed by atoms with E-state index in [4.69, 9.17) is 10.2 Å². The van der Waals surface area contributed by atoms with Crippen LogP contribution in [0.1, 0.15) is 0 Å². The molecular formula is C7H7F6NO4. The van der Waals surface area contributed by atoms with E-state index in [2.05, 4.69) is 0 Å². The van der Waals surface area contributed by atoms with E-state index in [1.165, 1.54) is 0 Å². The van der Waals surface area contributed by atoms with Crippen LogP contribution >= 0.6 is 0 Å². The fourth-order valence-electron chi connectivity index (χ4n) is 0.923. The maximum absolute atomic E-state index is 12.0. The molecule has 0 heterocycles. The highest BCUT2D eigenvalue weighted by Crippen LogP contribution is 2.39. The molecule has 0 spiro atoms. The van der Waals surface area contributed by atoms with E-state index in [1.807, 2.05) is 0 Å². The molecule has 0 aromatic carbocycles. The third-order valence-electron chi connectivity index (χ3n) is 1.71. The van der Waals surface area contributed by atoms with Crippen molar-refractivity contribution >= 4 is 11.9 Å². The van der Waals surface area contributed by atoms with E-state index < -0.39 is 42.8 Å². The average molecular weight is 283 g/mol. The topological polar surface area (TPSA) is 86.6 Å². The molecule has 1 unspecified atom stereocenters. The van der Waals surface area contributed by atoms with Crippen molar-refractivity contribution in [3.63, 3.8) is 0 Å². The number of carbonyl (C=O) groups is 2. The highest BCUT2D eigenvalue weighted by atomic mass is 19.4. The first-order valence-electron chi connectivity index (χ1n) is 4.18. The van der Waals surface area contributed by atoms with Crippen LogP contribution in [-0.2, 0) is 9.59 Å². The number of aliphatic hydroxyl groups excluding tert-OH is 1. The van der Waals surface area contributed by atoms with Crippen LogP contribution in [0, 0.1) is 5.92 Å². The van der Waals surface area contributed by atoms with Crippen molar-refractivity contribution in [3.8, 4) is 0 Å². The lowest BCUT2D eigenvalue weighted by Crippen LogP contribution is -2.53. The second kappa shape index (κ2) is 5.42. The molecule has 0 radical (unpaired) electrons. The molecule has 3 N–H and O–H groups in total. The van der Waals surface area contributed by atoms with Crippen molar-refractivity contribution in [1.82, 2.24) is 5.32 Å². The Labute approximate surface area is 95.4 Å². The Morgan fingerprint density at radius 2 is 1.44 bits per heavy atom. The number of alkyl halides is 6. The van der Waals surface area contributed by atoms with Gasteiger partial charge in [0.25, 0.3) is 0 Å². The van der Waals surface area contributed by atoms with E-state index in [0.29, 0.717) is 0 Å². The van der Waals surface area contributed by atoms with Crippen molar-refractivity contribution < 1.29 is 46.1 Å². The van der Waals surface area contributed by atoms with Crippen molar-refractivity contribution in [2.24, 2.45) is 5.92 Å². The predicted octanol–water partition coefficient (Wildman–Crippen LogP) is 0.289.